The van der Waals surface area contributed by atoms with Crippen molar-refractivity contribution in [1.29, 1.82) is 0 Å². The Balaban J connectivity index is -0.000000000833. The van der Waals surface area contributed by atoms with E-state index in [1.807, 2.05) is 0 Å². The van der Waals surface area contributed by atoms with E-state index < -0.39 is 0 Å². The Morgan fingerprint density at radius 2 is 0.667 bits per heavy atom. The van der Waals surface area contributed by atoms with Gasteiger partial charge in [0.15, 0.2) is 0 Å². The van der Waals surface area contributed by atoms with Gasteiger partial charge >= 0.3 is 0 Å². The highest BCUT2D eigenvalue weighted by atomic mass is 35.5. The van der Waals surface area contributed by atoms with Gasteiger partial charge in [-0.3, -0.25) is 0 Å². The Hall–Kier alpha value is 0.240. The zero-order valence-electron chi connectivity index (χ0n) is 3.64. The first kappa shape index (κ1) is 111. The minimum atomic E-state index is 0. The summed E-state index contributed by atoms with van der Waals surface area (Å²) < 4.78 is 0. The quantitative estimate of drug-likeness (QED) is 0.498. The van der Waals surface area contributed by atoms with Gasteiger partial charge in [0.2, 0.25) is 0 Å². The second-order valence-electron chi connectivity index (χ2n) is 0. The maximum Gasteiger partial charge on any atom is -0.106 e. The molecule has 0 saturated carbocycles. The summed E-state index contributed by atoms with van der Waals surface area (Å²) in [5.41, 5.74) is 0. The number of hydrogen-bond donors (Lipinski definition) is 2. The van der Waals surface area contributed by atoms with Crippen LogP contribution in [0.1, 0.15) is 0 Å². The highest BCUT2D eigenvalue weighted by Crippen LogP contribution is 0.862. The first-order valence-corrected chi connectivity index (χ1v) is 0.500. The van der Waals surface area contributed by atoms with Gasteiger partial charge in [-0.15, -0.1) is 38.0 Å². The maximum atomic E-state index is 3.00. The van der Waals surface area contributed by atoms with Crippen LogP contribution in [-0.2, 0) is 0 Å². The predicted octanol–water partition coefficient (Wildman–Crippen LogP) is 1.97. The van der Waals surface area contributed by atoms with Crippen LogP contribution >= 0.6 is 24.8 Å². The second-order valence-corrected chi connectivity index (χ2v) is 0. The molecule has 4 heteroatoms. The molecule has 6 N–H and O–H groups in total. The van der Waals surface area contributed by atoms with Crippen LogP contribution in [0.25, 0.3) is 0 Å². The van der Waals surface area contributed by atoms with E-state index in [4.69, 9.17) is 0 Å². The largest absolute Gasteiger partial charge is 0.344 e. The van der Waals surface area contributed by atoms with E-state index in [1.54, 1.807) is 0 Å². The summed E-state index contributed by atoms with van der Waals surface area (Å²) in [7, 11) is 0. The summed E-state index contributed by atoms with van der Waals surface area (Å²) in [6, 6.07) is 0. The average molecular weight is 135 g/mol. The zero-order chi connectivity index (χ0) is 2.00. The Morgan fingerprint density at radius 3 is 0.667 bits per heavy atom. The third kappa shape index (κ3) is 773. The van der Waals surface area contributed by atoms with Crippen LogP contribution < -0.4 is 12.3 Å². The molecule has 0 aromatic rings. The molecule has 0 atom stereocenters. The predicted molar refractivity (Wildman–Crippen MR) is 35.8 cm³/mol. The van der Waals surface area contributed by atoms with Crippen molar-refractivity contribution in [2.75, 3.05) is 0 Å². The SMILES string of the molecule is C=C.Cl.Cl.N.N. The molecule has 0 bridgehead atoms. The summed E-state index contributed by atoms with van der Waals surface area (Å²) >= 11 is 0. The molecule has 0 unspecified atom stereocenters. The fourth-order valence-electron chi connectivity index (χ4n) is 0. The van der Waals surface area contributed by atoms with Crippen molar-refractivity contribution in [3.8, 4) is 0 Å². The van der Waals surface area contributed by atoms with Gasteiger partial charge < -0.3 is 12.3 Å². The lowest BCUT2D eigenvalue weighted by molar-refractivity contribution is 2.13. The zero-order valence-corrected chi connectivity index (χ0v) is 5.28. The summed E-state index contributed by atoms with van der Waals surface area (Å²) in [5, 5.41) is 0. The van der Waals surface area contributed by atoms with Crippen molar-refractivity contribution in [2.45, 2.75) is 0 Å². The molecule has 0 fully saturated rings. The van der Waals surface area contributed by atoms with Crippen LogP contribution in [0.5, 0.6) is 0 Å². The van der Waals surface area contributed by atoms with E-state index in [-0.39, 0.29) is 37.1 Å². The third-order valence-corrected chi connectivity index (χ3v) is 0. The van der Waals surface area contributed by atoms with Gasteiger partial charge in [0.25, 0.3) is 0 Å². The Morgan fingerprint density at radius 1 is 0.667 bits per heavy atom. The Bertz CT molecular complexity index is 9.51. The maximum absolute atomic E-state index is 3.00. The minimum absolute atomic E-state index is 0. The van der Waals surface area contributed by atoms with Gasteiger partial charge in [0.05, 0.1) is 0 Å². The van der Waals surface area contributed by atoms with Gasteiger partial charge in [-0.1, -0.05) is 0 Å². The average Bonchev–Trinajstić information content (AvgIpc) is 1.00. The molecule has 2 nitrogen and oxygen atoms in total. The normalized spacial score (nSPS) is 0.667. The van der Waals surface area contributed by atoms with E-state index in [0.717, 1.165) is 0 Å². The molecule has 0 spiro atoms. The van der Waals surface area contributed by atoms with E-state index in [9.17, 15) is 0 Å². The van der Waals surface area contributed by atoms with Crippen LogP contribution in [0.15, 0.2) is 13.2 Å². The molecule has 6 heavy (non-hydrogen) atoms. The Labute approximate surface area is 51.0 Å². The standard InChI is InChI=1S/C2H4.2ClH.2H3N/c1-2;;;;/h1-2H2;2*1H;2*1H3. The molecule has 0 radical (unpaired) electrons. The van der Waals surface area contributed by atoms with Crippen molar-refractivity contribution in [2.24, 2.45) is 0 Å². The topological polar surface area (TPSA) is 70.0 Å². The molecular weight excluding hydrogens is 123 g/mol. The van der Waals surface area contributed by atoms with Crippen molar-refractivity contribution >= 4 is 24.8 Å². The molecule has 0 saturated heterocycles. The molecule has 44 valence electrons. The van der Waals surface area contributed by atoms with Gasteiger partial charge in [0, 0.05) is 0 Å². The van der Waals surface area contributed by atoms with Gasteiger partial charge in [0.1, 0.15) is 0 Å². The van der Waals surface area contributed by atoms with Crippen LogP contribution in [-0.4, -0.2) is 0 Å². The van der Waals surface area contributed by atoms with E-state index >= 15 is 0 Å². The van der Waals surface area contributed by atoms with Gasteiger partial charge in [-0.25, -0.2) is 0 Å². The second kappa shape index (κ2) is 1640. The monoisotopic (exact) mass is 134 g/mol. The first-order chi connectivity index (χ1) is 1.00. The van der Waals surface area contributed by atoms with Crippen molar-refractivity contribution < 1.29 is 0 Å². The molecule has 0 aliphatic heterocycles. The molecule has 0 aliphatic carbocycles. The molecular formula is C2H12Cl2N2. The van der Waals surface area contributed by atoms with Gasteiger partial charge in [-0.05, 0) is 0 Å². The highest BCUT2D eigenvalue weighted by molar-refractivity contribution is 5.85. The summed E-state index contributed by atoms with van der Waals surface area (Å²) in [5.74, 6) is 0. The lowest BCUT2D eigenvalue weighted by Gasteiger charge is -0.813. The van der Waals surface area contributed by atoms with Crippen LogP contribution in [0, 0.1) is 0 Å². The van der Waals surface area contributed by atoms with Crippen LogP contribution in [0.2, 0.25) is 0 Å². The minimum Gasteiger partial charge on any atom is -0.344 e. The van der Waals surface area contributed by atoms with E-state index in [1.165, 1.54) is 0 Å². The van der Waals surface area contributed by atoms with Crippen LogP contribution in [0.3, 0.4) is 0 Å². The molecule has 0 aromatic carbocycles. The van der Waals surface area contributed by atoms with Crippen LogP contribution in [0.4, 0.5) is 0 Å². The molecule has 0 amide bonds. The lowest BCUT2D eigenvalue weighted by Crippen LogP contribution is -0.552. The fraction of sp³-hybridized carbons (Fsp3) is 0. The number of rotatable bonds is 0. The fourth-order valence-corrected chi connectivity index (χ4v) is 0. The summed E-state index contributed by atoms with van der Waals surface area (Å²) in [6.45, 7) is 6.00. The third-order valence-electron chi connectivity index (χ3n) is 0. The molecule has 0 aliphatic rings. The highest BCUT2D eigenvalue weighted by Gasteiger charge is 0.601. The molecule has 0 heterocycles. The van der Waals surface area contributed by atoms with Crippen molar-refractivity contribution in [3.63, 3.8) is 0 Å². The van der Waals surface area contributed by atoms with Gasteiger partial charge in [-0.2, -0.15) is 0 Å². The molecule has 0 aromatic heterocycles. The van der Waals surface area contributed by atoms with E-state index in [0.29, 0.717) is 0 Å². The lowest BCUT2D eigenvalue weighted by atomic mass is 11.3. The van der Waals surface area contributed by atoms with E-state index in [2.05, 4.69) is 13.2 Å². The summed E-state index contributed by atoms with van der Waals surface area (Å²) in [4.78, 5) is 0. The Kier molecular flexibility index (Phi) is 30400. The van der Waals surface area contributed by atoms with Crippen molar-refractivity contribution in [3.05, 3.63) is 13.2 Å². The van der Waals surface area contributed by atoms with Crippen molar-refractivity contribution in [1.82, 2.24) is 12.3 Å². The molecule has 0 rings (SSSR count). The first-order valence-electron chi connectivity index (χ1n) is 0.500. The number of halogens is 2. The summed E-state index contributed by atoms with van der Waals surface area (Å²) in [6.07, 6.45) is 0. The number of hydrogen-bond acceptors (Lipinski definition) is 2. The smallest absolute Gasteiger partial charge is 0.106 e.